The quantitative estimate of drug-likeness (QED) is 0.910. The SMILES string of the molecule is Cc1nonc1CN1Cc2ccccc2C[C@H]1C(=O)O. The largest absolute Gasteiger partial charge is 0.480 e. The van der Waals surface area contributed by atoms with E-state index in [4.69, 9.17) is 0 Å². The smallest absolute Gasteiger partial charge is 0.321 e. The van der Waals surface area contributed by atoms with Gasteiger partial charge in [0.15, 0.2) is 0 Å². The molecule has 104 valence electrons. The van der Waals surface area contributed by atoms with E-state index in [0.717, 1.165) is 5.56 Å². The summed E-state index contributed by atoms with van der Waals surface area (Å²) in [6, 6.07) is 7.40. The number of aryl methyl sites for hydroxylation is 1. The Balaban J connectivity index is 1.89. The highest BCUT2D eigenvalue weighted by atomic mass is 16.6. The summed E-state index contributed by atoms with van der Waals surface area (Å²) in [6.07, 6.45) is 0.510. The molecule has 1 aromatic carbocycles. The average Bonchev–Trinajstić information content (AvgIpc) is 2.83. The summed E-state index contributed by atoms with van der Waals surface area (Å²) in [7, 11) is 0. The molecule has 0 saturated carbocycles. The summed E-state index contributed by atoms with van der Waals surface area (Å²) in [4.78, 5) is 13.4. The molecule has 1 aliphatic rings. The zero-order valence-corrected chi connectivity index (χ0v) is 11.1. The van der Waals surface area contributed by atoms with Crippen LogP contribution in [0.25, 0.3) is 0 Å². The number of hydrogen-bond acceptors (Lipinski definition) is 5. The van der Waals surface area contributed by atoms with Gasteiger partial charge in [-0.15, -0.1) is 0 Å². The fourth-order valence-corrected chi connectivity index (χ4v) is 2.57. The second kappa shape index (κ2) is 5.05. The molecule has 0 amide bonds. The van der Waals surface area contributed by atoms with E-state index in [0.29, 0.717) is 30.9 Å². The summed E-state index contributed by atoms with van der Waals surface area (Å²) < 4.78 is 4.68. The van der Waals surface area contributed by atoms with Gasteiger partial charge >= 0.3 is 5.97 Å². The van der Waals surface area contributed by atoms with Crippen LogP contribution in [-0.2, 0) is 24.3 Å². The number of carbonyl (C=O) groups is 1. The van der Waals surface area contributed by atoms with Gasteiger partial charge in [-0.2, -0.15) is 0 Å². The molecule has 0 saturated heterocycles. The third kappa shape index (κ3) is 2.30. The monoisotopic (exact) mass is 273 g/mol. The van der Waals surface area contributed by atoms with Crippen LogP contribution >= 0.6 is 0 Å². The van der Waals surface area contributed by atoms with Crippen molar-refractivity contribution in [2.45, 2.75) is 32.5 Å². The number of carboxylic acids is 1. The van der Waals surface area contributed by atoms with Crippen LogP contribution in [0.2, 0.25) is 0 Å². The lowest BCUT2D eigenvalue weighted by molar-refractivity contribution is -0.144. The van der Waals surface area contributed by atoms with E-state index in [2.05, 4.69) is 14.9 Å². The van der Waals surface area contributed by atoms with E-state index in [9.17, 15) is 9.90 Å². The Kier molecular flexibility index (Phi) is 3.23. The molecule has 0 fully saturated rings. The number of rotatable bonds is 3. The highest BCUT2D eigenvalue weighted by molar-refractivity contribution is 5.74. The van der Waals surface area contributed by atoms with Crippen LogP contribution in [0.5, 0.6) is 0 Å². The molecule has 0 unspecified atom stereocenters. The van der Waals surface area contributed by atoms with E-state index in [-0.39, 0.29) is 0 Å². The molecule has 6 nitrogen and oxygen atoms in total. The van der Waals surface area contributed by atoms with Gasteiger partial charge in [0.2, 0.25) is 0 Å². The van der Waals surface area contributed by atoms with Crippen molar-refractivity contribution in [1.29, 1.82) is 0 Å². The van der Waals surface area contributed by atoms with Gasteiger partial charge in [-0.1, -0.05) is 34.6 Å². The molecule has 1 aliphatic heterocycles. The Labute approximate surface area is 116 Å². The van der Waals surface area contributed by atoms with Gasteiger partial charge in [0.1, 0.15) is 17.4 Å². The van der Waals surface area contributed by atoms with Gasteiger partial charge < -0.3 is 5.11 Å². The van der Waals surface area contributed by atoms with Crippen molar-refractivity contribution in [3.63, 3.8) is 0 Å². The van der Waals surface area contributed by atoms with Crippen molar-refractivity contribution in [2.24, 2.45) is 0 Å². The Morgan fingerprint density at radius 1 is 1.40 bits per heavy atom. The molecular weight excluding hydrogens is 258 g/mol. The summed E-state index contributed by atoms with van der Waals surface area (Å²) >= 11 is 0. The molecule has 2 aromatic rings. The molecule has 20 heavy (non-hydrogen) atoms. The third-order valence-corrected chi connectivity index (χ3v) is 3.73. The Hall–Kier alpha value is -2.21. The number of benzene rings is 1. The number of fused-ring (bicyclic) bond motifs is 1. The first-order valence-electron chi connectivity index (χ1n) is 6.47. The minimum Gasteiger partial charge on any atom is -0.480 e. The second-order valence-corrected chi connectivity index (χ2v) is 5.03. The summed E-state index contributed by atoms with van der Waals surface area (Å²) in [5.74, 6) is -0.811. The first kappa shape index (κ1) is 12.8. The van der Waals surface area contributed by atoms with Gasteiger partial charge in [-0.3, -0.25) is 9.69 Å². The van der Waals surface area contributed by atoms with Crippen LogP contribution in [0.4, 0.5) is 0 Å². The molecule has 2 heterocycles. The lowest BCUT2D eigenvalue weighted by Gasteiger charge is -2.33. The average molecular weight is 273 g/mol. The van der Waals surface area contributed by atoms with Gasteiger partial charge in [0, 0.05) is 13.1 Å². The van der Waals surface area contributed by atoms with Crippen LogP contribution in [0.15, 0.2) is 28.9 Å². The highest BCUT2D eigenvalue weighted by Gasteiger charge is 2.32. The highest BCUT2D eigenvalue weighted by Crippen LogP contribution is 2.25. The van der Waals surface area contributed by atoms with Crippen molar-refractivity contribution in [3.05, 3.63) is 46.8 Å². The molecule has 0 bridgehead atoms. The van der Waals surface area contributed by atoms with Crippen LogP contribution in [-0.4, -0.2) is 32.3 Å². The Morgan fingerprint density at radius 2 is 2.15 bits per heavy atom. The Bertz CT molecular complexity index is 638. The normalized spacial score (nSPS) is 18.8. The summed E-state index contributed by atoms with van der Waals surface area (Å²) in [6.45, 7) is 2.83. The van der Waals surface area contributed by atoms with Gasteiger partial charge in [-0.05, 0) is 24.5 Å². The predicted octanol–water partition coefficient (Wildman–Crippen LogP) is 1.39. The number of hydrogen-bond donors (Lipinski definition) is 1. The maximum Gasteiger partial charge on any atom is 0.321 e. The van der Waals surface area contributed by atoms with E-state index >= 15 is 0 Å². The summed E-state index contributed by atoms with van der Waals surface area (Å²) in [5, 5.41) is 17.0. The Morgan fingerprint density at radius 3 is 2.80 bits per heavy atom. The van der Waals surface area contributed by atoms with Gasteiger partial charge in [-0.25, -0.2) is 4.63 Å². The van der Waals surface area contributed by atoms with Crippen molar-refractivity contribution in [3.8, 4) is 0 Å². The van der Waals surface area contributed by atoms with Crippen LogP contribution < -0.4 is 0 Å². The minimum atomic E-state index is -0.811. The van der Waals surface area contributed by atoms with Crippen LogP contribution in [0.1, 0.15) is 22.5 Å². The maximum atomic E-state index is 11.5. The van der Waals surface area contributed by atoms with Gasteiger partial charge in [0.25, 0.3) is 0 Å². The number of aromatic nitrogens is 2. The number of aliphatic carboxylic acids is 1. The lowest BCUT2D eigenvalue weighted by atomic mass is 9.94. The summed E-state index contributed by atoms with van der Waals surface area (Å²) in [5.41, 5.74) is 3.66. The predicted molar refractivity (Wildman–Crippen MR) is 69.9 cm³/mol. The van der Waals surface area contributed by atoms with Crippen molar-refractivity contribution in [2.75, 3.05) is 0 Å². The zero-order chi connectivity index (χ0) is 14.1. The molecular formula is C14H15N3O3. The third-order valence-electron chi connectivity index (χ3n) is 3.73. The molecule has 6 heteroatoms. The maximum absolute atomic E-state index is 11.5. The molecule has 0 radical (unpaired) electrons. The fraction of sp³-hybridized carbons (Fsp3) is 0.357. The second-order valence-electron chi connectivity index (χ2n) is 5.03. The van der Waals surface area contributed by atoms with Crippen molar-refractivity contribution in [1.82, 2.24) is 15.2 Å². The van der Waals surface area contributed by atoms with Gasteiger partial charge in [0.05, 0.1) is 0 Å². The van der Waals surface area contributed by atoms with Crippen LogP contribution in [0, 0.1) is 6.92 Å². The topological polar surface area (TPSA) is 79.5 Å². The standard InChI is InChI=1S/C14H15N3O3/c1-9-12(16-20-15-9)8-17-7-11-5-3-2-4-10(11)6-13(17)14(18)19/h2-5,13H,6-8H2,1H3,(H,18,19)/t13-/m0/s1. The molecule has 3 rings (SSSR count). The first-order valence-corrected chi connectivity index (χ1v) is 6.47. The molecule has 1 N–H and O–H groups in total. The van der Waals surface area contributed by atoms with Crippen LogP contribution in [0.3, 0.4) is 0 Å². The number of nitrogens with zero attached hydrogens (tertiary/aromatic N) is 3. The molecule has 0 aliphatic carbocycles. The van der Waals surface area contributed by atoms with Crippen molar-refractivity contribution >= 4 is 5.97 Å². The minimum absolute atomic E-state index is 0.431. The molecule has 1 atom stereocenters. The number of carboxylic acid groups (broad SMARTS) is 1. The van der Waals surface area contributed by atoms with E-state index in [1.165, 1.54) is 5.56 Å². The first-order chi connectivity index (χ1) is 9.65. The van der Waals surface area contributed by atoms with E-state index < -0.39 is 12.0 Å². The van der Waals surface area contributed by atoms with E-state index in [1.807, 2.05) is 29.2 Å². The van der Waals surface area contributed by atoms with Crippen molar-refractivity contribution < 1.29 is 14.5 Å². The zero-order valence-electron chi connectivity index (χ0n) is 11.1. The molecule has 0 spiro atoms. The molecule has 1 aromatic heterocycles. The lowest BCUT2D eigenvalue weighted by Crippen LogP contribution is -2.45. The fourth-order valence-electron chi connectivity index (χ4n) is 2.57. The van der Waals surface area contributed by atoms with E-state index in [1.54, 1.807) is 6.92 Å².